The molecule has 1 aromatic heterocycles. The highest BCUT2D eigenvalue weighted by atomic mass is 127. The van der Waals surface area contributed by atoms with Crippen LogP contribution >= 0.6 is 35.3 Å². The van der Waals surface area contributed by atoms with Gasteiger partial charge in [-0.2, -0.15) is 0 Å². The van der Waals surface area contributed by atoms with Crippen LogP contribution in [0.5, 0.6) is 0 Å². The smallest absolute Gasteiger partial charge is 0.224 e. The molecule has 0 bridgehead atoms. The third-order valence-corrected chi connectivity index (χ3v) is 5.51. The number of guanidine groups is 1. The van der Waals surface area contributed by atoms with Gasteiger partial charge in [-0.1, -0.05) is 0 Å². The van der Waals surface area contributed by atoms with Crippen molar-refractivity contribution in [1.29, 1.82) is 0 Å². The van der Waals surface area contributed by atoms with Crippen LogP contribution in [0.3, 0.4) is 0 Å². The fourth-order valence-corrected chi connectivity index (χ4v) is 4.12. The van der Waals surface area contributed by atoms with Gasteiger partial charge in [-0.15, -0.1) is 35.3 Å². The predicted molar refractivity (Wildman–Crippen MR) is 110 cm³/mol. The number of nitrogens with one attached hydrogen (secondary N) is 1. The van der Waals surface area contributed by atoms with Gasteiger partial charge in [0.2, 0.25) is 5.91 Å². The topological polar surface area (TPSA) is 47.9 Å². The summed E-state index contributed by atoms with van der Waals surface area (Å²) in [5.74, 6) is 1.19. The second-order valence-corrected chi connectivity index (χ2v) is 7.11. The summed E-state index contributed by atoms with van der Waals surface area (Å²) in [6, 6.07) is 2.15. The van der Waals surface area contributed by atoms with Crippen molar-refractivity contribution < 1.29 is 4.79 Å². The average Bonchev–Trinajstić information content (AvgIpc) is 3.24. The number of likely N-dealkylation sites (tertiary alicyclic amines) is 1. The molecule has 0 spiro atoms. The molecular formula is C17H27IN4OS. The fourth-order valence-electron chi connectivity index (χ4n) is 3.23. The zero-order valence-electron chi connectivity index (χ0n) is 14.3. The first-order chi connectivity index (χ1) is 11.3. The molecule has 1 saturated heterocycles. The molecule has 1 amide bonds. The molecule has 7 heteroatoms. The lowest BCUT2D eigenvalue weighted by Crippen LogP contribution is -2.40. The van der Waals surface area contributed by atoms with Gasteiger partial charge >= 0.3 is 0 Å². The standard InChI is InChI=1S/C17H26N4OS.HI/c1-2-18-17(20-9-3-4-10-20)19-8-5-16(22)21-11-6-15-14(13-21)7-12-23-15;/h7,12H,2-6,8-11,13H2,1H3,(H,18,19);1H. The van der Waals surface area contributed by atoms with E-state index in [0.717, 1.165) is 45.1 Å². The van der Waals surface area contributed by atoms with Gasteiger partial charge in [-0.25, -0.2) is 0 Å². The van der Waals surface area contributed by atoms with Crippen LogP contribution in [0.1, 0.15) is 36.6 Å². The number of halogens is 1. The van der Waals surface area contributed by atoms with E-state index in [1.165, 1.54) is 23.3 Å². The Labute approximate surface area is 165 Å². The van der Waals surface area contributed by atoms with Crippen LogP contribution < -0.4 is 5.32 Å². The van der Waals surface area contributed by atoms with Gasteiger partial charge < -0.3 is 15.1 Å². The van der Waals surface area contributed by atoms with Crippen LogP contribution in [0.2, 0.25) is 0 Å². The van der Waals surface area contributed by atoms with E-state index in [-0.39, 0.29) is 29.9 Å². The third-order valence-electron chi connectivity index (χ3n) is 4.49. The Morgan fingerprint density at radius 3 is 2.83 bits per heavy atom. The second kappa shape index (κ2) is 9.60. The molecule has 134 valence electrons. The highest BCUT2D eigenvalue weighted by Crippen LogP contribution is 2.24. The highest BCUT2D eigenvalue weighted by molar-refractivity contribution is 14.0. The van der Waals surface area contributed by atoms with Gasteiger partial charge in [0, 0.05) is 44.0 Å². The van der Waals surface area contributed by atoms with Crippen LogP contribution in [0.25, 0.3) is 0 Å². The Bertz CT molecular complexity index is 569. The fraction of sp³-hybridized carbons (Fsp3) is 0.647. The Hall–Kier alpha value is -0.830. The van der Waals surface area contributed by atoms with Crippen LogP contribution in [-0.2, 0) is 17.8 Å². The lowest BCUT2D eigenvalue weighted by Gasteiger charge is -2.27. The van der Waals surface area contributed by atoms with Crippen LogP contribution in [-0.4, -0.2) is 54.4 Å². The van der Waals surface area contributed by atoms with Gasteiger partial charge in [-0.05, 0) is 43.2 Å². The van der Waals surface area contributed by atoms with Crippen molar-refractivity contribution in [2.75, 3.05) is 32.7 Å². The Morgan fingerprint density at radius 2 is 2.08 bits per heavy atom. The summed E-state index contributed by atoms with van der Waals surface area (Å²) >= 11 is 1.81. The highest BCUT2D eigenvalue weighted by Gasteiger charge is 2.21. The number of hydrogen-bond acceptors (Lipinski definition) is 3. The minimum absolute atomic E-state index is 0. The maximum atomic E-state index is 12.4. The minimum atomic E-state index is 0. The van der Waals surface area contributed by atoms with Crippen molar-refractivity contribution in [2.45, 2.75) is 39.2 Å². The molecule has 0 saturated carbocycles. The van der Waals surface area contributed by atoms with E-state index in [0.29, 0.717) is 13.0 Å². The predicted octanol–water partition coefficient (Wildman–Crippen LogP) is 2.70. The summed E-state index contributed by atoms with van der Waals surface area (Å²) in [5.41, 5.74) is 1.32. The Balaban J connectivity index is 0.00000208. The largest absolute Gasteiger partial charge is 0.357 e. The maximum Gasteiger partial charge on any atom is 0.224 e. The summed E-state index contributed by atoms with van der Waals surface area (Å²) in [7, 11) is 0. The molecule has 0 radical (unpaired) electrons. The number of carbonyl (C=O) groups excluding carboxylic acids is 1. The second-order valence-electron chi connectivity index (χ2n) is 6.11. The van der Waals surface area contributed by atoms with E-state index in [1.807, 2.05) is 4.90 Å². The molecular weight excluding hydrogens is 435 g/mol. The lowest BCUT2D eigenvalue weighted by atomic mass is 10.1. The molecule has 3 heterocycles. The summed E-state index contributed by atoms with van der Waals surface area (Å²) in [6.07, 6.45) is 3.97. The van der Waals surface area contributed by atoms with E-state index in [9.17, 15) is 4.79 Å². The molecule has 2 aliphatic rings. The van der Waals surface area contributed by atoms with E-state index < -0.39 is 0 Å². The Kier molecular flexibility index (Phi) is 7.80. The van der Waals surface area contributed by atoms with Crippen molar-refractivity contribution in [2.24, 2.45) is 4.99 Å². The molecule has 1 aromatic rings. The lowest BCUT2D eigenvalue weighted by molar-refractivity contribution is -0.131. The number of amides is 1. The summed E-state index contributed by atoms with van der Waals surface area (Å²) in [4.78, 5) is 22.8. The van der Waals surface area contributed by atoms with E-state index in [4.69, 9.17) is 0 Å². The van der Waals surface area contributed by atoms with E-state index >= 15 is 0 Å². The molecule has 5 nitrogen and oxygen atoms in total. The molecule has 0 aliphatic carbocycles. The van der Waals surface area contributed by atoms with E-state index in [1.54, 1.807) is 11.3 Å². The van der Waals surface area contributed by atoms with Gasteiger partial charge in [0.15, 0.2) is 5.96 Å². The molecule has 0 unspecified atom stereocenters. The summed E-state index contributed by atoms with van der Waals surface area (Å²) < 4.78 is 0. The number of aliphatic imine (C=N–C) groups is 1. The number of nitrogens with zero attached hydrogens (tertiary/aromatic N) is 3. The minimum Gasteiger partial charge on any atom is -0.357 e. The number of carbonyl (C=O) groups is 1. The van der Waals surface area contributed by atoms with Crippen LogP contribution in [0.4, 0.5) is 0 Å². The number of fused-ring (bicyclic) bond motifs is 1. The first-order valence-electron chi connectivity index (χ1n) is 8.64. The molecule has 1 N–H and O–H groups in total. The van der Waals surface area contributed by atoms with Crippen LogP contribution in [0, 0.1) is 0 Å². The monoisotopic (exact) mass is 462 g/mol. The van der Waals surface area contributed by atoms with E-state index in [2.05, 4.69) is 33.6 Å². The van der Waals surface area contributed by atoms with Crippen molar-refractivity contribution >= 4 is 47.2 Å². The third kappa shape index (κ3) is 4.84. The SMILES string of the molecule is CCNC(=NCCC(=O)N1CCc2sccc2C1)N1CCCC1.I. The van der Waals surface area contributed by atoms with Gasteiger partial charge in [0.1, 0.15) is 0 Å². The molecule has 0 atom stereocenters. The van der Waals surface area contributed by atoms with Crippen molar-refractivity contribution in [3.8, 4) is 0 Å². The van der Waals surface area contributed by atoms with Crippen molar-refractivity contribution in [3.05, 3.63) is 21.9 Å². The number of thiophene rings is 1. The first-order valence-corrected chi connectivity index (χ1v) is 9.52. The molecule has 24 heavy (non-hydrogen) atoms. The molecule has 3 rings (SSSR count). The summed E-state index contributed by atoms with van der Waals surface area (Å²) in [6.45, 7) is 7.30. The van der Waals surface area contributed by atoms with Crippen molar-refractivity contribution in [3.63, 3.8) is 0 Å². The van der Waals surface area contributed by atoms with Crippen LogP contribution in [0.15, 0.2) is 16.4 Å². The molecule has 2 aliphatic heterocycles. The van der Waals surface area contributed by atoms with Gasteiger partial charge in [0.25, 0.3) is 0 Å². The van der Waals surface area contributed by atoms with Gasteiger partial charge in [0.05, 0.1) is 6.54 Å². The first kappa shape index (κ1) is 19.5. The molecule has 1 fully saturated rings. The normalized spacial score (nSPS) is 17.5. The Morgan fingerprint density at radius 1 is 1.29 bits per heavy atom. The average molecular weight is 462 g/mol. The number of hydrogen-bond donors (Lipinski definition) is 1. The maximum absolute atomic E-state index is 12.4. The zero-order valence-corrected chi connectivity index (χ0v) is 17.4. The zero-order chi connectivity index (χ0) is 16.1. The summed E-state index contributed by atoms with van der Waals surface area (Å²) in [5, 5.41) is 5.47. The van der Waals surface area contributed by atoms with Crippen molar-refractivity contribution in [1.82, 2.24) is 15.1 Å². The quantitative estimate of drug-likeness (QED) is 0.426. The molecule has 0 aromatic carbocycles. The van der Waals surface area contributed by atoms with Gasteiger partial charge in [-0.3, -0.25) is 9.79 Å². The number of rotatable bonds is 4.